The van der Waals surface area contributed by atoms with Gasteiger partial charge in [0.1, 0.15) is 0 Å². The van der Waals surface area contributed by atoms with E-state index in [9.17, 15) is 0 Å². The monoisotopic (exact) mass is 264 g/mol. The summed E-state index contributed by atoms with van der Waals surface area (Å²) in [4.78, 5) is 2.59. The molecule has 2 aliphatic rings. The van der Waals surface area contributed by atoms with E-state index in [0.29, 0.717) is 12.1 Å². The van der Waals surface area contributed by atoms with E-state index < -0.39 is 0 Å². The summed E-state index contributed by atoms with van der Waals surface area (Å²) >= 11 is 0. The maximum atomic E-state index is 5.93. The highest BCUT2D eigenvalue weighted by Crippen LogP contribution is 2.22. The van der Waals surface area contributed by atoms with Gasteiger partial charge in [-0.1, -0.05) is 0 Å². The van der Waals surface area contributed by atoms with Gasteiger partial charge in [0, 0.05) is 44.0 Å². The first-order valence-corrected chi connectivity index (χ1v) is 7.43. The molecule has 5 nitrogen and oxygen atoms in total. The van der Waals surface area contributed by atoms with Crippen molar-refractivity contribution in [3.05, 3.63) is 18.0 Å². The molecule has 3 rings (SSSR count). The molecule has 5 heteroatoms. The number of fused-ring (bicyclic) bond motifs is 1. The lowest BCUT2D eigenvalue weighted by atomic mass is 10.2. The standard InChI is InChI=1S/C14H24N4O/c1-2-18-9-12(7-16-18)6-15-8-14-10-17-5-3-4-13(17)11-19-14/h7,9,13-15H,2-6,8,10-11H2,1H3. The van der Waals surface area contributed by atoms with Crippen LogP contribution in [-0.4, -0.2) is 53.1 Å². The third kappa shape index (κ3) is 3.16. The number of hydrogen-bond acceptors (Lipinski definition) is 4. The summed E-state index contributed by atoms with van der Waals surface area (Å²) in [5.74, 6) is 0. The molecule has 106 valence electrons. The molecule has 1 aromatic heterocycles. The van der Waals surface area contributed by atoms with Gasteiger partial charge < -0.3 is 10.1 Å². The third-order valence-corrected chi connectivity index (χ3v) is 4.17. The van der Waals surface area contributed by atoms with Crippen molar-refractivity contribution in [3.8, 4) is 0 Å². The Hall–Kier alpha value is -0.910. The Bertz CT molecular complexity index is 406. The molecule has 0 aromatic carbocycles. The van der Waals surface area contributed by atoms with Crippen molar-refractivity contribution in [3.63, 3.8) is 0 Å². The quantitative estimate of drug-likeness (QED) is 0.856. The fraction of sp³-hybridized carbons (Fsp3) is 0.786. The lowest BCUT2D eigenvalue weighted by Crippen LogP contribution is -2.49. The van der Waals surface area contributed by atoms with Gasteiger partial charge in [-0.25, -0.2) is 0 Å². The number of nitrogens with one attached hydrogen (secondary N) is 1. The molecule has 2 aliphatic heterocycles. The Morgan fingerprint density at radius 2 is 2.47 bits per heavy atom. The van der Waals surface area contributed by atoms with Gasteiger partial charge in [-0.3, -0.25) is 9.58 Å². The first-order valence-electron chi connectivity index (χ1n) is 7.43. The second-order valence-corrected chi connectivity index (χ2v) is 5.58. The molecular weight excluding hydrogens is 240 g/mol. The zero-order valence-corrected chi connectivity index (χ0v) is 11.7. The van der Waals surface area contributed by atoms with Crippen molar-refractivity contribution in [1.82, 2.24) is 20.0 Å². The molecular formula is C14H24N4O. The minimum Gasteiger partial charge on any atom is -0.374 e. The second-order valence-electron chi connectivity index (χ2n) is 5.58. The lowest BCUT2D eigenvalue weighted by Gasteiger charge is -2.35. The van der Waals surface area contributed by atoms with E-state index in [0.717, 1.165) is 32.8 Å². The highest BCUT2D eigenvalue weighted by Gasteiger charge is 2.31. The molecule has 0 radical (unpaired) electrons. The molecule has 2 fully saturated rings. The lowest BCUT2D eigenvalue weighted by molar-refractivity contribution is -0.0470. The topological polar surface area (TPSA) is 42.3 Å². The maximum absolute atomic E-state index is 5.93. The van der Waals surface area contributed by atoms with Gasteiger partial charge in [-0.05, 0) is 26.3 Å². The van der Waals surface area contributed by atoms with Gasteiger partial charge in [-0.15, -0.1) is 0 Å². The highest BCUT2D eigenvalue weighted by atomic mass is 16.5. The van der Waals surface area contributed by atoms with Crippen LogP contribution in [0.3, 0.4) is 0 Å². The van der Waals surface area contributed by atoms with E-state index in [2.05, 4.69) is 28.4 Å². The van der Waals surface area contributed by atoms with Crippen LogP contribution >= 0.6 is 0 Å². The molecule has 2 unspecified atom stereocenters. The predicted octanol–water partition coefficient (Wildman–Crippen LogP) is 0.856. The van der Waals surface area contributed by atoms with E-state index in [1.807, 2.05) is 10.9 Å². The van der Waals surface area contributed by atoms with Crippen molar-refractivity contribution in [2.45, 2.75) is 45.0 Å². The van der Waals surface area contributed by atoms with Crippen LogP contribution in [0.1, 0.15) is 25.3 Å². The van der Waals surface area contributed by atoms with E-state index in [1.165, 1.54) is 24.9 Å². The fourth-order valence-corrected chi connectivity index (χ4v) is 3.06. The Kier molecular flexibility index (Phi) is 4.15. The fourth-order valence-electron chi connectivity index (χ4n) is 3.06. The van der Waals surface area contributed by atoms with Crippen LogP contribution in [0.5, 0.6) is 0 Å². The summed E-state index contributed by atoms with van der Waals surface area (Å²) in [5.41, 5.74) is 1.25. The van der Waals surface area contributed by atoms with Gasteiger partial charge in [0.2, 0.25) is 0 Å². The van der Waals surface area contributed by atoms with Crippen molar-refractivity contribution in [2.24, 2.45) is 0 Å². The Labute approximate surface area is 114 Å². The number of nitrogens with zero attached hydrogens (tertiary/aromatic N) is 3. The van der Waals surface area contributed by atoms with Gasteiger partial charge in [0.15, 0.2) is 0 Å². The molecule has 0 aliphatic carbocycles. The average molecular weight is 264 g/mol. The Balaban J connectivity index is 1.40. The van der Waals surface area contributed by atoms with Crippen LogP contribution in [0.4, 0.5) is 0 Å². The van der Waals surface area contributed by atoms with Gasteiger partial charge in [-0.2, -0.15) is 5.10 Å². The summed E-state index contributed by atoms with van der Waals surface area (Å²) in [6.45, 7) is 8.11. The summed E-state index contributed by atoms with van der Waals surface area (Å²) in [6.07, 6.45) is 7.04. The molecule has 1 aromatic rings. The van der Waals surface area contributed by atoms with Crippen LogP contribution in [0.2, 0.25) is 0 Å². The van der Waals surface area contributed by atoms with Crippen LogP contribution in [-0.2, 0) is 17.8 Å². The number of aromatic nitrogens is 2. The minimum atomic E-state index is 0.343. The number of hydrogen-bond donors (Lipinski definition) is 1. The van der Waals surface area contributed by atoms with Gasteiger partial charge >= 0.3 is 0 Å². The molecule has 0 bridgehead atoms. The van der Waals surface area contributed by atoms with Crippen LogP contribution in [0, 0.1) is 0 Å². The molecule has 0 amide bonds. The Morgan fingerprint density at radius 1 is 1.53 bits per heavy atom. The van der Waals surface area contributed by atoms with Crippen molar-refractivity contribution >= 4 is 0 Å². The largest absolute Gasteiger partial charge is 0.374 e. The van der Waals surface area contributed by atoms with Crippen LogP contribution in [0.15, 0.2) is 12.4 Å². The third-order valence-electron chi connectivity index (χ3n) is 4.17. The van der Waals surface area contributed by atoms with Gasteiger partial charge in [0.05, 0.1) is 18.9 Å². The zero-order chi connectivity index (χ0) is 13.1. The van der Waals surface area contributed by atoms with Crippen molar-refractivity contribution in [2.75, 3.05) is 26.2 Å². The molecule has 2 atom stereocenters. The van der Waals surface area contributed by atoms with E-state index in [4.69, 9.17) is 4.74 Å². The molecule has 0 spiro atoms. The Morgan fingerprint density at radius 3 is 3.32 bits per heavy atom. The molecule has 0 saturated carbocycles. The van der Waals surface area contributed by atoms with Gasteiger partial charge in [0.25, 0.3) is 0 Å². The molecule has 19 heavy (non-hydrogen) atoms. The first kappa shape index (κ1) is 13.1. The normalized spacial score (nSPS) is 27.6. The van der Waals surface area contributed by atoms with E-state index >= 15 is 0 Å². The zero-order valence-electron chi connectivity index (χ0n) is 11.7. The van der Waals surface area contributed by atoms with E-state index in [-0.39, 0.29) is 0 Å². The van der Waals surface area contributed by atoms with Crippen molar-refractivity contribution in [1.29, 1.82) is 0 Å². The molecule has 1 N–H and O–H groups in total. The molecule has 2 saturated heterocycles. The SMILES string of the molecule is CCn1cc(CNCC2CN3CCCC3CO2)cn1. The summed E-state index contributed by atoms with van der Waals surface area (Å²) in [5, 5.41) is 7.76. The van der Waals surface area contributed by atoms with Crippen LogP contribution < -0.4 is 5.32 Å². The molecule has 3 heterocycles. The minimum absolute atomic E-state index is 0.343. The maximum Gasteiger partial charge on any atom is 0.0827 e. The smallest absolute Gasteiger partial charge is 0.0827 e. The summed E-state index contributed by atoms with van der Waals surface area (Å²) in [6, 6.07) is 0.694. The number of aryl methyl sites for hydroxylation is 1. The second kappa shape index (κ2) is 6.03. The van der Waals surface area contributed by atoms with E-state index in [1.54, 1.807) is 0 Å². The number of ether oxygens (including phenoxy) is 1. The van der Waals surface area contributed by atoms with Crippen molar-refractivity contribution < 1.29 is 4.74 Å². The predicted molar refractivity (Wildman–Crippen MR) is 73.9 cm³/mol. The first-order chi connectivity index (χ1) is 9.35. The summed E-state index contributed by atoms with van der Waals surface area (Å²) < 4.78 is 7.89. The average Bonchev–Trinajstić information content (AvgIpc) is 3.06. The summed E-state index contributed by atoms with van der Waals surface area (Å²) in [7, 11) is 0. The number of morpholine rings is 1. The van der Waals surface area contributed by atoms with Crippen LogP contribution in [0.25, 0.3) is 0 Å². The highest BCUT2D eigenvalue weighted by molar-refractivity contribution is 5.03. The number of rotatable bonds is 5.